The van der Waals surface area contributed by atoms with Crippen LogP contribution in [0.1, 0.15) is 31.2 Å². The second kappa shape index (κ2) is 6.59. The average Bonchev–Trinajstić information content (AvgIpc) is 2.95. The van der Waals surface area contributed by atoms with Crippen molar-refractivity contribution in [2.75, 3.05) is 27.2 Å². The number of nitrogens with one attached hydrogen (secondary N) is 1. The van der Waals surface area contributed by atoms with E-state index in [0.29, 0.717) is 0 Å². The summed E-state index contributed by atoms with van der Waals surface area (Å²) in [5, 5.41) is 3.81. The zero-order valence-electron chi connectivity index (χ0n) is 12.3. The van der Waals surface area contributed by atoms with Crippen molar-refractivity contribution in [3.05, 3.63) is 34.9 Å². The number of hydrogen-bond donors (Lipinski definition) is 1. The highest BCUT2D eigenvalue weighted by Crippen LogP contribution is 2.42. The average molecular weight is 295 g/mol. The summed E-state index contributed by atoms with van der Waals surface area (Å²) in [4.78, 5) is 14.8. The molecule has 0 radical (unpaired) electrons. The normalized spacial score (nSPS) is 17.1. The number of amides is 1. The lowest BCUT2D eigenvalue weighted by Gasteiger charge is -2.33. The molecule has 1 amide bonds. The highest BCUT2D eigenvalue weighted by molar-refractivity contribution is 6.30. The van der Waals surface area contributed by atoms with Crippen LogP contribution in [0.15, 0.2) is 24.3 Å². The van der Waals surface area contributed by atoms with E-state index < -0.39 is 0 Å². The van der Waals surface area contributed by atoms with E-state index in [2.05, 4.69) is 5.32 Å². The zero-order chi connectivity index (χ0) is 14.6. The number of benzene rings is 1. The van der Waals surface area contributed by atoms with Gasteiger partial charge in [-0.2, -0.15) is 0 Å². The Balaban J connectivity index is 2.25. The van der Waals surface area contributed by atoms with Gasteiger partial charge in [0, 0.05) is 25.2 Å². The first-order chi connectivity index (χ1) is 9.60. The predicted octanol–water partition coefficient (Wildman–Crippen LogP) is 2.83. The Kier molecular flexibility index (Phi) is 5.06. The molecule has 1 fully saturated rings. The van der Waals surface area contributed by atoms with Crippen molar-refractivity contribution in [2.24, 2.45) is 0 Å². The van der Waals surface area contributed by atoms with Gasteiger partial charge in [-0.25, -0.2) is 0 Å². The molecule has 1 N–H and O–H groups in total. The zero-order valence-corrected chi connectivity index (χ0v) is 13.0. The molecule has 110 valence electrons. The van der Waals surface area contributed by atoms with Crippen LogP contribution in [-0.4, -0.2) is 38.0 Å². The minimum Gasteiger partial charge on any atom is -0.344 e. The molecule has 1 aromatic carbocycles. The molecule has 1 aromatic rings. The number of likely N-dealkylation sites (N-methyl/N-ethyl adjacent to an activating group) is 2. The van der Waals surface area contributed by atoms with Crippen molar-refractivity contribution in [3.63, 3.8) is 0 Å². The van der Waals surface area contributed by atoms with E-state index in [1.54, 1.807) is 0 Å². The van der Waals surface area contributed by atoms with E-state index in [1.165, 1.54) is 0 Å². The van der Waals surface area contributed by atoms with Crippen LogP contribution < -0.4 is 5.32 Å². The summed E-state index contributed by atoms with van der Waals surface area (Å²) in [6.07, 6.45) is 4.12. The number of nitrogens with zero attached hydrogens (tertiary/aromatic N) is 1. The summed E-state index contributed by atoms with van der Waals surface area (Å²) >= 11 is 5.97. The van der Waals surface area contributed by atoms with Crippen LogP contribution in [0.2, 0.25) is 5.02 Å². The second-order valence-corrected chi connectivity index (χ2v) is 6.06. The number of rotatable bonds is 5. The molecule has 3 nitrogen and oxygen atoms in total. The Morgan fingerprint density at radius 1 is 1.30 bits per heavy atom. The van der Waals surface area contributed by atoms with Gasteiger partial charge in [-0.3, -0.25) is 4.79 Å². The lowest BCUT2D eigenvalue weighted by Crippen LogP contribution is -2.45. The van der Waals surface area contributed by atoms with Gasteiger partial charge >= 0.3 is 0 Å². The first-order valence-electron chi connectivity index (χ1n) is 7.26. The number of carbonyl (C=O) groups excluding carboxylic acids is 1. The van der Waals surface area contributed by atoms with E-state index in [0.717, 1.165) is 49.4 Å². The fraction of sp³-hybridized carbons (Fsp3) is 0.562. The largest absolute Gasteiger partial charge is 0.344 e. The maximum atomic E-state index is 12.9. The van der Waals surface area contributed by atoms with Crippen LogP contribution in [0, 0.1) is 0 Å². The summed E-state index contributed by atoms with van der Waals surface area (Å²) < 4.78 is 0. The molecule has 20 heavy (non-hydrogen) atoms. The minimum atomic E-state index is -0.340. The van der Waals surface area contributed by atoms with E-state index in [-0.39, 0.29) is 11.3 Å². The van der Waals surface area contributed by atoms with Gasteiger partial charge in [0.05, 0.1) is 5.41 Å². The highest BCUT2D eigenvalue weighted by Gasteiger charge is 2.43. The van der Waals surface area contributed by atoms with Gasteiger partial charge in [0.2, 0.25) is 5.91 Å². The molecule has 4 heteroatoms. The smallest absolute Gasteiger partial charge is 0.233 e. The molecule has 0 aliphatic heterocycles. The third-order valence-corrected chi connectivity index (χ3v) is 4.56. The van der Waals surface area contributed by atoms with Crippen molar-refractivity contribution >= 4 is 17.5 Å². The SMILES string of the molecule is CNCCN(C)C(=O)C1(c2ccc(Cl)cc2)CCCC1. The first-order valence-corrected chi connectivity index (χ1v) is 7.64. The third-order valence-electron chi connectivity index (χ3n) is 4.31. The van der Waals surface area contributed by atoms with E-state index in [4.69, 9.17) is 11.6 Å². The minimum absolute atomic E-state index is 0.243. The highest BCUT2D eigenvalue weighted by atomic mass is 35.5. The van der Waals surface area contributed by atoms with Gasteiger partial charge in [0.1, 0.15) is 0 Å². The number of hydrogen-bond acceptors (Lipinski definition) is 2. The van der Waals surface area contributed by atoms with E-state index in [9.17, 15) is 4.79 Å². The van der Waals surface area contributed by atoms with Gasteiger partial charge in [-0.1, -0.05) is 36.6 Å². The monoisotopic (exact) mass is 294 g/mol. The molecule has 2 rings (SSSR count). The quantitative estimate of drug-likeness (QED) is 0.906. The van der Waals surface area contributed by atoms with Crippen LogP contribution in [-0.2, 0) is 10.2 Å². The summed E-state index contributed by atoms with van der Waals surface area (Å²) in [5.41, 5.74) is 0.772. The predicted molar refractivity (Wildman–Crippen MR) is 83.2 cm³/mol. The van der Waals surface area contributed by atoms with E-state index >= 15 is 0 Å². The fourth-order valence-electron chi connectivity index (χ4n) is 3.12. The summed E-state index contributed by atoms with van der Waals surface area (Å²) in [6.45, 7) is 1.56. The lowest BCUT2D eigenvalue weighted by molar-refractivity contribution is -0.136. The van der Waals surface area contributed by atoms with Crippen molar-refractivity contribution in [1.82, 2.24) is 10.2 Å². The van der Waals surface area contributed by atoms with Crippen molar-refractivity contribution in [3.8, 4) is 0 Å². The Morgan fingerprint density at radius 3 is 2.45 bits per heavy atom. The standard InChI is InChI=1S/C16H23ClN2O/c1-18-11-12-19(2)15(20)16(9-3-4-10-16)13-5-7-14(17)8-6-13/h5-8,18H,3-4,9-12H2,1-2H3. The van der Waals surface area contributed by atoms with Crippen LogP contribution in [0.5, 0.6) is 0 Å². The Hall–Kier alpha value is -1.06. The molecule has 0 saturated heterocycles. The molecule has 0 heterocycles. The first kappa shape index (κ1) is 15.3. The van der Waals surface area contributed by atoms with Gasteiger partial charge in [-0.05, 0) is 37.6 Å². The van der Waals surface area contributed by atoms with Crippen LogP contribution in [0.4, 0.5) is 0 Å². The van der Waals surface area contributed by atoms with Crippen LogP contribution in [0.25, 0.3) is 0 Å². The van der Waals surface area contributed by atoms with Crippen LogP contribution >= 0.6 is 11.6 Å². The van der Waals surface area contributed by atoms with Crippen molar-refractivity contribution < 1.29 is 4.79 Å². The maximum Gasteiger partial charge on any atom is 0.233 e. The second-order valence-electron chi connectivity index (χ2n) is 5.63. The van der Waals surface area contributed by atoms with Gasteiger partial charge in [0.25, 0.3) is 0 Å². The van der Waals surface area contributed by atoms with Gasteiger partial charge in [0.15, 0.2) is 0 Å². The van der Waals surface area contributed by atoms with Crippen molar-refractivity contribution in [2.45, 2.75) is 31.1 Å². The Labute approximate surface area is 126 Å². The molecule has 0 atom stereocenters. The summed E-state index contributed by atoms with van der Waals surface area (Å²) in [7, 11) is 3.80. The Morgan fingerprint density at radius 2 is 1.90 bits per heavy atom. The molecule has 1 aliphatic rings. The van der Waals surface area contributed by atoms with Gasteiger partial charge in [-0.15, -0.1) is 0 Å². The Bertz CT molecular complexity index is 452. The molecular formula is C16H23ClN2O. The fourth-order valence-corrected chi connectivity index (χ4v) is 3.25. The molecule has 0 bridgehead atoms. The van der Waals surface area contributed by atoms with Crippen LogP contribution in [0.3, 0.4) is 0 Å². The van der Waals surface area contributed by atoms with Crippen molar-refractivity contribution in [1.29, 1.82) is 0 Å². The molecule has 1 saturated carbocycles. The maximum absolute atomic E-state index is 12.9. The molecular weight excluding hydrogens is 272 g/mol. The summed E-state index contributed by atoms with van der Waals surface area (Å²) in [5.74, 6) is 0.243. The molecule has 0 unspecified atom stereocenters. The molecule has 1 aliphatic carbocycles. The number of halogens is 1. The third kappa shape index (κ3) is 2.99. The van der Waals surface area contributed by atoms with E-state index in [1.807, 2.05) is 43.3 Å². The molecule has 0 aromatic heterocycles. The topological polar surface area (TPSA) is 32.3 Å². The lowest BCUT2D eigenvalue weighted by atomic mass is 9.77. The van der Waals surface area contributed by atoms with Gasteiger partial charge < -0.3 is 10.2 Å². The number of carbonyl (C=O) groups is 1. The molecule has 0 spiro atoms. The summed E-state index contributed by atoms with van der Waals surface area (Å²) in [6, 6.07) is 7.80.